The molecule has 0 amide bonds. The predicted octanol–water partition coefficient (Wildman–Crippen LogP) is 5.94. The summed E-state index contributed by atoms with van der Waals surface area (Å²) in [5, 5.41) is 12.2. The van der Waals surface area contributed by atoms with Gasteiger partial charge in [-0.25, -0.2) is 4.98 Å². The largest absolute Gasteiger partial charge is 0.395 e. The molecule has 2 N–H and O–H groups in total. The molecule has 5 heteroatoms. The standard InChI is InChI=1S/C29H25N3O2/c1-20(34)21-7-9-23(10-8-21)27-17-25(22-5-3-2-4-6-22)18-32-19-28(31-29(27)32)24-11-13-26(14-12-24)30-15-16-33/h2-14,17-19,30,33H,15-16H2,1H3. The maximum Gasteiger partial charge on any atom is 0.159 e. The third-order valence-corrected chi connectivity index (χ3v) is 5.88. The zero-order chi connectivity index (χ0) is 23.5. The van der Waals surface area contributed by atoms with E-state index in [0.29, 0.717) is 12.1 Å². The number of nitrogens with zero attached hydrogens (tertiary/aromatic N) is 2. The molecule has 5 nitrogen and oxygen atoms in total. The van der Waals surface area contributed by atoms with Crippen molar-refractivity contribution in [3.63, 3.8) is 0 Å². The fraction of sp³-hybridized carbons (Fsp3) is 0.103. The molecule has 0 unspecified atom stereocenters. The second kappa shape index (κ2) is 9.33. The molecule has 168 valence electrons. The molecule has 2 heterocycles. The Labute approximate surface area is 198 Å². The van der Waals surface area contributed by atoms with Crippen LogP contribution in [0.3, 0.4) is 0 Å². The molecule has 0 bridgehead atoms. The van der Waals surface area contributed by atoms with Crippen molar-refractivity contribution in [1.29, 1.82) is 0 Å². The molecule has 5 rings (SSSR count). The molecular weight excluding hydrogens is 422 g/mol. The Bertz CT molecular complexity index is 1440. The third-order valence-electron chi connectivity index (χ3n) is 5.88. The van der Waals surface area contributed by atoms with Crippen molar-refractivity contribution in [1.82, 2.24) is 9.38 Å². The Morgan fingerprint density at radius 2 is 1.56 bits per heavy atom. The van der Waals surface area contributed by atoms with E-state index in [-0.39, 0.29) is 12.4 Å². The molecule has 0 fully saturated rings. The number of benzene rings is 3. The minimum atomic E-state index is 0.0507. The Morgan fingerprint density at radius 3 is 2.24 bits per heavy atom. The normalized spacial score (nSPS) is 11.0. The maximum atomic E-state index is 11.8. The van der Waals surface area contributed by atoms with Gasteiger partial charge < -0.3 is 14.8 Å². The lowest BCUT2D eigenvalue weighted by Gasteiger charge is -2.09. The summed E-state index contributed by atoms with van der Waals surface area (Å²) in [6.07, 6.45) is 4.15. The number of nitrogens with one attached hydrogen (secondary N) is 1. The zero-order valence-electron chi connectivity index (χ0n) is 18.9. The van der Waals surface area contributed by atoms with Crippen LogP contribution in [-0.2, 0) is 0 Å². The van der Waals surface area contributed by atoms with Gasteiger partial charge >= 0.3 is 0 Å². The SMILES string of the molecule is CC(=O)c1ccc(-c2cc(-c3ccccc3)cn3cc(-c4ccc(NCCO)cc4)nc23)cc1. The lowest BCUT2D eigenvalue weighted by Crippen LogP contribution is -2.04. The van der Waals surface area contributed by atoms with Crippen molar-refractivity contribution in [3.05, 3.63) is 103 Å². The van der Waals surface area contributed by atoms with Gasteiger partial charge in [0, 0.05) is 41.3 Å². The van der Waals surface area contributed by atoms with Crippen molar-refractivity contribution in [2.45, 2.75) is 6.92 Å². The number of hydrogen-bond acceptors (Lipinski definition) is 4. The molecule has 0 radical (unpaired) electrons. The number of aliphatic hydroxyl groups is 1. The third kappa shape index (κ3) is 4.34. The van der Waals surface area contributed by atoms with Crippen LogP contribution in [0.25, 0.3) is 39.2 Å². The van der Waals surface area contributed by atoms with Gasteiger partial charge in [-0.05, 0) is 41.8 Å². The van der Waals surface area contributed by atoms with Crippen LogP contribution in [0.5, 0.6) is 0 Å². The van der Waals surface area contributed by atoms with Gasteiger partial charge in [-0.1, -0.05) is 66.7 Å². The first-order chi connectivity index (χ1) is 16.6. The molecule has 0 saturated carbocycles. The minimum Gasteiger partial charge on any atom is -0.395 e. The number of Topliss-reactive ketones (excluding diaryl/α,β-unsaturated/α-hetero) is 1. The molecule has 0 atom stereocenters. The molecular formula is C29H25N3O2. The number of imidazole rings is 1. The van der Waals surface area contributed by atoms with Crippen LogP contribution >= 0.6 is 0 Å². The second-order valence-corrected chi connectivity index (χ2v) is 8.23. The highest BCUT2D eigenvalue weighted by Crippen LogP contribution is 2.32. The van der Waals surface area contributed by atoms with Crippen LogP contribution in [-0.4, -0.2) is 33.4 Å². The average Bonchev–Trinajstić information content (AvgIpc) is 3.32. The van der Waals surface area contributed by atoms with Crippen molar-refractivity contribution in [3.8, 4) is 33.5 Å². The second-order valence-electron chi connectivity index (χ2n) is 8.23. The number of rotatable bonds is 7. The minimum absolute atomic E-state index is 0.0507. The highest BCUT2D eigenvalue weighted by molar-refractivity contribution is 5.95. The van der Waals surface area contributed by atoms with Crippen LogP contribution in [0, 0.1) is 0 Å². The molecule has 0 saturated heterocycles. The molecule has 0 spiro atoms. The Balaban J connectivity index is 1.63. The van der Waals surface area contributed by atoms with E-state index in [2.05, 4.69) is 34.1 Å². The van der Waals surface area contributed by atoms with Gasteiger partial charge in [0.05, 0.1) is 12.3 Å². The number of pyridine rings is 1. The summed E-state index contributed by atoms with van der Waals surface area (Å²) in [6.45, 7) is 2.19. The van der Waals surface area contributed by atoms with Crippen LogP contribution < -0.4 is 5.32 Å². The number of fused-ring (bicyclic) bond motifs is 1. The fourth-order valence-electron chi connectivity index (χ4n) is 4.08. The molecule has 5 aromatic rings. The summed E-state index contributed by atoms with van der Waals surface area (Å²) >= 11 is 0. The van der Waals surface area contributed by atoms with E-state index < -0.39 is 0 Å². The van der Waals surface area contributed by atoms with Gasteiger partial charge in [0.1, 0.15) is 5.65 Å². The van der Waals surface area contributed by atoms with Gasteiger partial charge in [0.2, 0.25) is 0 Å². The highest BCUT2D eigenvalue weighted by Gasteiger charge is 2.13. The number of carbonyl (C=O) groups is 1. The molecule has 0 aliphatic carbocycles. The van der Waals surface area contributed by atoms with E-state index in [1.165, 1.54) is 0 Å². The first kappa shape index (κ1) is 21.6. The van der Waals surface area contributed by atoms with Crippen LogP contribution in [0.2, 0.25) is 0 Å². The summed E-state index contributed by atoms with van der Waals surface area (Å²) < 4.78 is 2.07. The number of anilines is 1. The molecule has 3 aromatic carbocycles. The van der Waals surface area contributed by atoms with Gasteiger partial charge in [-0.15, -0.1) is 0 Å². The predicted molar refractivity (Wildman–Crippen MR) is 137 cm³/mol. The Hall–Kier alpha value is -4.22. The van der Waals surface area contributed by atoms with Gasteiger partial charge in [0.15, 0.2) is 5.78 Å². The molecule has 34 heavy (non-hydrogen) atoms. The van der Waals surface area contributed by atoms with E-state index in [0.717, 1.165) is 44.8 Å². The average molecular weight is 448 g/mol. The summed E-state index contributed by atoms with van der Waals surface area (Å²) in [5.41, 5.74) is 8.62. The summed E-state index contributed by atoms with van der Waals surface area (Å²) in [4.78, 5) is 16.7. The first-order valence-corrected chi connectivity index (χ1v) is 11.3. The van der Waals surface area contributed by atoms with Crippen molar-refractivity contribution in [2.75, 3.05) is 18.5 Å². The Morgan fingerprint density at radius 1 is 0.853 bits per heavy atom. The smallest absolute Gasteiger partial charge is 0.159 e. The molecule has 0 aliphatic rings. The number of aromatic nitrogens is 2. The van der Waals surface area contributed by atoms with Crippen LogP contribution in [0.1, 0.15) is 17.3 Å². The zero-order valence-corrected chi connectivity index (χ0v) is 18.9. The van der Waals surface area contributed by atoms with Crippen LogP contribution in [0.15, 0.2) is 97.3 Å². The van der Waals surface area contributed by atoms with E-state index >= 15 is 0 Å². The number of carbonyl (C=O) groups excluding carboxylic acids is 1. The van der Waals surface area contributed by atoms with Crippen molar-refractivity contribution in [2.24, 2.45) is 0 Å². The summed E-state index contributed by atoms with van der Waals surface area (Å²) in [6, 6.07) is 28.2. The van der Waals surface area contributed by atoms with E-state index in [4.69, 9.17) is 10.1 Å². The topological polar surface area (TPSA) is 66.6 Å². The maximum absolute atomic E-state index is 11.8. The summed E-state index contributed by atoms with van der Waals surface area (Å²) in [5.74, 6) is 0.0507. The first-order valence-electron chi connectivity index (χ1n) is 11.3. The number of ketones is 1. The van der Waals surface area contributed by atoms with Crippen molar-refractivity contribution >= 4 is 17.1 Å². The monoisotopic (exact) mass is 447 g/mol. The van der Waals surface area contributed by atoms with Gasteiger partial charge in [-0.3, -0.25) is 4.79 Å². The van der Waals surface area contributed by atoms with E-state index in [1.807, 2.05) is 72.9 Å². The molecule has 2 aromatic heterocycles. The van der Waals surface area contributed by atoms with Crippen LogP contribution in [0.4, 0.5) is 5.69 Å². The fourth-order valence-corrected chi connectivity index (χ4v) is 4.08. The van der Waals surface area contributed by atoms with Gasteiger partial charge in [-0.2, -0.15) is 0 Å². The number of aliphatic hydroxyl groups excluding tert-OH is 1. The van der Waals surface area contributed by atoms with E-state index in [9.17, 15) is 4.79 Å². The molecule has 0 aliphatic heterocycles. The van der Waals surface area contributed by atoms with E-state index in [1.54, 1.807) is 6.92 Å². The van der Waals surface area contributed by atoms with Gasteiger partial charge in [0.25, 0.3) is 0 Å². The Kier molecular flexibility index (Phi) is 5.93. The van der Waals surface area contributed by atoms with Crippen molar-refractivity contribution < 1.29 is 9.90 Å². The lowest BCUT2D eigenvalue weighted by atomic mass is 10.00. The quantitative estimate of drug-likeness (QED) is 0.303. The highest BCUT2D eigenvalue weighted by atomic mass is 16.3. The summed E-state index contributed by atoms with van der Waals surface area (Å²) in [7, 11) is 0. The lowest BCUT2D eigenvalue weighted by molar-refractivity contribution is 0.101. The number of hydrogen-bond donors (Lipinski definition) is 2.